The van der Waals surface area contributed by atoms with E-state index in [9.17, 15) is 4.39 Å². The minimum absolute atomic E-state index is 0.0427. The highest BCUT2D eigenvalue weighted by Crippen LogP contribution is 2.38. The summed E-state index contributed by atoms with van der Waals surface area (Å²) < 4.78 is 25.1. The second kappa shape index (κ2) is 5.30. The van der Waals surface area contributed by atoms with Crippen LogP contribution in [-0.2, 0) is 0 Å². The Morgan fingerprint density at radius 3 is 2.33 bits per heavy atom. The molecular weight excluding hydrogens is 247 g/mol. The van der Waals surface area contributed by atoms with Gasteiger partial charge in [-0.25, -0.2) is 4.39 Å². The number of hydrogen-bond acceptors (Lipinski definition) is 2. The van der Waals surface area contributed by atoms with Crippen LogP contribution in [0.2, 0.25) is 18.1 Å². The first-order valence-corrected chi connectivity index (χ1v) is 9.19. The second-order valence-corrected chi connectivity index (χ2v) is 10.6. The van der Waals surface area contributed by atoms with Crippen molar-refractivity contribution < 1.29 is 13.6 Å². The predicted molar refractivity (Wildman–Crippen MR) is 75.4 cm³/mol. The van der Waals surface area contributed by atoms with Gasteiger partial charge in [-0.05, 0) is 37.2 Å². The molecule has 1 rings (SSSR count). The monoisotopic (exact) mass is 270 g/mol. The van der Waals surface area contributed by atoms with Gasteiger partial charge in [0.2, 0.25) is 0 Å². The summed E-state index contributed by atoms with van der Waals surface area (Å²) in [6, 6.07) is 4.66. The van der Waals surface area contributed by atoms with Gasteiger partial charge in [0.05, 0.1) is 6.61 Å². The van der Waals surface area contributed by atoms with Gasteiger partial charge in [-0.3, -0.25) is 0 Å². The van der Waals surface area contributed by atoms with Crippen LogP contribution in [0.25, 0.3) is 0 Å². The van der Waals surface area contributed by atoms with Crippen molar-refractivity contribution >= 4 is 8.32 Å². The number of rotatable bonds is 4. The highest BCUT2D eigenvalue weighted by Gasteiger charge is 2.39. The molecule has 0 unspecified atom stereocenters. The summed E-state index contributed by atoms with van der Waals surface area (Å²) in [4.78, 5) is 0. The van der Waals surface area contributed by atoms with E-state index in [1.807, 2.05) is 6.92 Å². The van der Waals surface area contributed by atoms with E-state index in [4.69, 9.17) is 9.16 Å². The van der Waals surface area contributed by atoms with Gasteiger partial charge in [-0.1, -0.05) is 20.8 Å². The highest BCUT2D eigenvalue weighted by molar-refractivity contribution is 6.74. The molecule has 102 valence electrons. The lowest BCUT2D eigenvalue weighted by Gasteiger charge is -2.36. The Kier molecular flexibility index (Phi) is 4.43. The summed E-state index contributed by atoms with van der Waals surface area (Å²) in [6.07, 6.45) is 0. The number of hydrogen-bond donors (Lipinski definition) is 0. The van der Waals surface area contributed by atoms with Gasteiger partial charge in [0.1, 0.15) is 11.5 Å². The van der Waals surface area contributed by atoms with Crippen molar-refractivity contribution in [2.24, 2.45) is 0 Å². The third-order valence-electron chi connectivity index (χ3n) is 3.38. The van der Waals surface area contributed by atoms with Crippen molar-refractivity contribution in [1.29, 1.82) is 0 Å². The van der Waals surface area contributed by atoms with Crippen LogP contribution in [0.5, 0.6) is 11.5 Å². The fourth-order valence-electron chi connectivity index (χ4n) is 1.25. The van der Waals surface area contributed by atoms with Crippen LogP contribution >= 0.6 is 0 Å². The second-order valence-electron chi connectivity index (χ2n) is 5.89. The van der Waals surface area contributed by atoms with Crippen LogP contribution in [-0.4, -0.2) is 14.9 Å². The van der Waals surface area contributed by atoms with E-state index >= 15 is 0 Å². The first-order chi connectivity index (χ1) is 8.17. The molecule has 0 aliphatic rings. The molecule has 0 heterocycles. The van der Waals surface area contributed by atoms with Gasteiger partial charge in [0.15, 0.2) is 5.82 Å². The molecule has 0 radical (unpaired) electrons. The minimum Gasteiger partial charge on any atom is -0.541 e. The van der Waals surface area contributed by atoms with Crippen molar-refractivity contribution in [3.05, 3.63) is 24.0 Å². The van der Waals surface area contributed by atoms with Gasteiger partial charge in [0, 0.05) is 6.07 Å². The molecule has 0 bridgehead atoms. The molecule has 18 heavy (non-hydrogen) atoms. The average molecular weight is 270 g/mol. The van der Waals surface area contributed by atoms with E-state index in [2.05, 4.69) is 33.9 Å². The average Bonchev–Trinajstić information content (AvgIpc) is 2.21. The maximum Gasteiger partial charge on any atom is 0.250 e. The van der Waals surface area contributed by atoms with E-state index in [1.165, 1.54) is 6.07 Å². The van der Waals surface area contributed by atoms with Crippen LogP contribution in [0.3, 0.4) is 0 Å². The highest BCUT2D eigenvalue weighted by atomic mass is 28.4. The predicted octanol–water partition coefficient (Wildman–Crippen LogP) is 4.61. The maximum absolute atomic E-state index is 13.8. The normalized spacial score (nSPS) is 12.4. The Balaban J connectivity index is 3.00. The summed E-state index contributed by atoms with van der Waals surface area (Å²) in [5.41, 5.74) is 0. The van der Waals surface area contributed by atoms with Crippen LogP contribution < -0.4 is 9.16 Å². The molecule has 0 saturated carbocycles. The number of ether oxygens (including phenoxy) is 1. The number of benzene rings is 1. The fraction of sp³-hybridized carbons (Fsp3) is 0.571. The van der Waals surface area contributed by atoms with Gasteiger partial charge in [-0.15, -0.1) is 0 Å². The molecule has 1 aromatic rings. The Labute approximate surface area is 110 Å². The van der Waals surface area contributed by atoms with E-state index in [1.54, 1.807) is 12.1 Å². The van der Waals surface area contributed by atoms with Crippen LogP contribution in [0.15, 0.2) is 18.2 Å². The fourth-order valence-corrected chi connectivity index (χ4v) is 2.26. The van der Waals surface area contributed by atoms with Crippen molar-refractivity contribution in [3.8, 4) is 11.5 Å². The Bertz CT molecular complexity index is 411. The van der Waals surface area contributed by atoms with Crippen LogP contribution in [0, 0.1) is 5.82 Å². The lowest BCUT2D eigenvalue weighted by molar-refractivity contribution is 0.337. The molecule has 0 saturated heterocycles. The summed E-state index contributed by atoms with van der Waals surface area (Å²) in [5, 5.41) is 0.0427. The summed E-state index contributed by atoms with van der Waals surface area (Å²) >= 11 is 0. The molecule has 0 N–H and O–H groups in total. The molecule has 1 aromatic carbocycles. The van der Waals surface area contributed by atoms with E-state index in [-0.39, 0.29) is 10.9 Å². The molecule has 0 atom stereocenters. The van der Waals surface area contributed by atoms with Crippen molar-refractivity contribution in [3.63, 3.8) is 0 Å². The lowest BCUT2D eigenvalue weighted by Crippen LogP contribution is -2.44. The summed E-state index contributed by atoms with van der Waals surface area (Å²) in [7, 11) is -2.02. The SMILES string of the molecule is CCOc1ccc(F)c(O[Si](C)(C)C(C)(C)C)c1. The van der Waals surface area contributed by atoms with Crippen molar-refractivity contribution in [2.75, 3.05) is 6.61 Å². The molecule has 2 nitrogen and oxygen atoms in total. The molecule has 0 aliphatic heterocycles. The van der Waals surface area contributed by atoms with Crippen LogP contribution in [0.4, 0.5) is 4.39 Å². The van der Waals surface area contributed by atoms with Gasteiger partial charge >= 0.3 is 0 Å². The molecule has 0 fully saturated rings. The maximum atomic E-state index is 13.8. The Hall–Kier alpha value is -1.03. The largest absolute Gasteiger partial charge is 0.541 e. The third kappa shape index (κ3) is 3.48. The zero-order valence-electron chi connectivity index (χ0n) is 12.1. The standard InChI is InChI=1S/C14H23FO2Si/c1-7-16-11-8-9-12(15)13(10-11)17-18(5,6)14(2,3)4/h8-10H,7H2,1-6H3. The quantitative estimate of drug-likeness (QED) is 0.744. The Morgan fingerprint density at radius 1 is 1.22 bits per heavy atom. The molecule has 0 aliphatic carbocycles. The van der Waals surface area contributed by atoms with Crippen molar-refractivity contribution in [2.45, 2.75) is 45.8 Å². The summed E-state index contributed by atoms with van der Waals surface area (Å²) in [5.74, 6) is 0.614. The zero-order valence-corrected chi connectivity index (χ0v) is 13.1. The Morgan fingerprint density at radius 2 is 1.83 bits per heavy atom. The lowest BCUT2D eigenvalue weighted by atomic mass is 10.2. The first kappa shape index (κ1) is 15.0. The summed E-state index contributed by atoms with van der Waals surface area (Å²) in [6.45, 7) is 13.0. The van der Waals surface area contributed by atoms with Gasteiger partial charge < -0.3 is 9.16 Å². The molecular formula is C14H23FO2Si. The zero-order chi connectivity index (χ0) is 14.0. The third-order valence-corrected chi connectivity index (χ3v) is 7.73. The smallest absolute Gasteiger partial charge is 0.250 e. The molecule has 0 spiro atoms. The first-order valence-electron chi connectivity index (χ1n) is 6.29. The van der Waals surface area contributed by atoms with Gasteiger partial charge in [-0.2, -0.15) is 0 Å². The molecule has 0 aromatic heterocycles. The van der Waals surface area contributed by atoms with E-state index in [0.717, 1.165) is 0 Å². The van der Waals surface area contributed by atoms with E-state index in [0.29, 0.717) is 18.1 Å². The number of halogens is 1. The van der Waals surface area contributed by atoms with E-state index < -0.39 is 8.32 Å². The molecule has 0 amide bonds. The van der Waals surface area contributed by atoms with Crippen molar-refractivity contribution in [1.82, 2.24) is 0 Å². The molecule has 4 heteroatoms. The van der Waals surface area contributed by atoms with Crippen LogP contribution in [0.1, 0.15) is 27.7 Å². The topological polar surface area (TPSA) is 18.5 Å². The van der Waals surface area contributed by atoms with Gasteiger partial charge in [0.25, 0.3) is 8.32 Å². The minimum atomic E-state index is -2.02.